The van der Waals surface area contributed by atoms with Gasteiger partial charge < -0.3 is 14.4 Å². The van der Waals surface area contributed by atoms with Crippen molar-refractivity contribution in [2.75, 3.05) is 26.2 Å². The van der Waals surface area contributed by atoms with Gasteiger partial charge in [-0.3, -0.25) is 4.79 Å². The maximum Gasteiger partial charge on any atom is 0.258 e. The fourth-order valence-electron chi connectivity index (χ4n) is 1.93. The van der Waals surface area contributed by atoms with Crippen LogP contribution in [0.15, 0.2) is 48.5 Å². The molecule has 20 heavy (non-hydrogen) atoms. The van der Waals surface area contributed by atoms with Crippen LogP contribution in [0.25, 0.3) is 0 Å². The molecule has 2 aromatic rings. The van der Waals surface area contributed by atoms with Crippen molar-refractivity contribution in [2.45, 2.75) is 0 Å². The second-order valence-corrected chi connectivity index (χ2v) is 4.27. The van der Waals surface area contributed by atoms with E-state index in [9.17, 15) is 4.79 Å². The smallest absolute Gasteiger partial charge is 0.258 e. The van der Waals surface area contributed by atoms with Crippen molar-refractivity contribution in [3.05, 3.63) is 54.1 Å². The second kappa shape index (κ2) is 6.10. The van der Waals surface area contributed by atoms with E-state index in [2.05, 4.69) is 0 Å². The molecular formula is C16H17NO3. The van der Waals surface area contributed by atoms with E-state index < -0.39 is 0 Å². The molecule has 0 bridgehead atoms. The number of hydrogen-bond acceptors (Lipinski definition) is 3. The quantitative estimate of drug-likeness (QED) is 0.858. The average Bonchev–Trinajstić information content (AvgIpc) is 2.53. The van der Waals surface area contributed by atoms with Gasteiger partial charge in [-0.15, -0.1) is 0 Å². The molecule has 0 saturated heterocycles. The Morgan fingerprint density at radius 2 is 1.60 bits per heavy atom. The number of ether oxygens (including phenoxy) is 2. The number of carbonyl (C=O) groups excluding carboxylic acids is 1. The third kappa shape index (κ3) is 2.74. The van der Waals surface area contributed by atoms with E-state index in [1.807, 2.05) is 30.3 Å². The van der Waals surface area contributed by atoms with Crippen molar-refractivity contribution in [1.29, 1.82) is 0 Å². The minimum Gasteiger partial charge on any atom is -0.493 e. The highest BCUT2D eigenvalue weighted by Gasteiger charge is 2.15. The van der Waals surface area contributed by atoms with Crippen LogP contribution in [0, 0.1) is 0 Å². The lowest BCUT2D eigenvalue weighted by Crippen LogP contribution is -2.26. The van der Waals surface area contributed by atoms with Gasteiger partial charge in [0.05, 0.1) is 14.2 Å². The normalized spacial score (nSPS) is 9.95. The molecule has 0 spiro atoms. The molecule has 0 N–H and O–H groups in total. The minimum atomic E-state index is -0.0999. The summed E-state index contributed by atoms with van der Waals surface area (Å²) in [5.74, 6) is 1.04. The Morgan fingerprint density at radius 3 is 2.20 bits per heavy atom. The number of carbonyl (C=O) groups is 1. The van der Waals surface area contributed by atoms with Gasteiger partial charge in [-0.25, -0.2) is 0 Å². The molecule has 104 valence electrons. The van der Waals surface area contributed by atoms with E-state index >= 15 is 0 Å². The SMILES string of the molecule is COc1ccc(C(=O)N(C)c2ccccc2)cc1OC. The van der Waals surface area contributed by atoms with Gasteiger partial charge in [0.15, 0.2) is 11.5 Å². The van der Waals surface area contributed by atoms with E-state index in [1.54, 1.807) is 44.4 Å². The largest absolute Gasteiger partial charge is 0.493 e. The van der Waals surface area contributed by atoms with Crippen molar-refractivity contribution >= 4 is 11.6 Å². The second-order valence-electron chi connectivity index (χ2n) is 4.27. The van der Waals surface area contributed by atoms with Crippen LogP contribution in [0.3, 0.4) is 0 Å². The summed E-state index contributed by atoms with van der Waals surface area (Å²) in [6, 6.07) is 14.6. The van der Waals surface area contributed by atoms with Gasteiger partial charge in [-0.05, 0) is 30.3 Å². The molecule has 2 aromatic carbocycles. The number of amides is 1. The molecule has 0 fully saturated rings. The monoisotopic (exact) mass is 271 g/mol. The Bertz CT molecular complexity index is 596. The van der Waals surface area contributed by atoms with Gasteiger partial charge >= 0.3 is 0 Å². The Kier molecular flexibility index (Phi) is 4.25. The van der Waals surface area contributed by atoms with Gasteiger partial charge in [0.25, 0.3) is 5.91 Å². The first-order valence-corrected chi connectivity index (χ1v) is 6.22. The number of para-hydroxylation sites is 1. The molecule has 1 amide bonds. The first kappa shape index (κ1) is 13.9. The predicted octanol–water partition coefficient (Wildman–Crippen LogP) is 2.98. The van der Waals surface area contributed by atoms with Crippen molar-refractivity contribution in [3.8, 4) is 11.5 Å². The molecule has 2 rings (SSSR count). The zero-order valence-electron chi connectivity index (χ0n) is 11.8. The van der Waals surface area contributed by atoms with Gasteiger partial charge in [-0.2, -0.15) is 0 Å². The van der Waals surface area contributed by atoms with Crippen LogP contribution in [0.5, 0.6) is 11.5 Å². The fraction of sp³-hybridized carbons (Fsp3) is 0.188. The van der Waals surface area contributed by atoms with Crippen LogP contribution in [0.4, 0.5) is 5.69 Å². The summed E-state index contributed by atoms with van der Waals surface area (Å²) in [5, 5.41) is 0. The van der Waals surface area contributed by atoms with Gasteiger partial charge in [0.2, 0.25) is 0 Å². The number of nitrogens with zero attached hydrogens (tertiary/aromatic N) is 1. The summed E-state index contributed by atoms with van der Waals surface area (Å²) in [4.78, 5) is 14.0. The lowest BCUT2D eigenvalue weighted by atomic mass is 10.1. The van der Waals surface area contributed by atoms with Crippen molar-refractivity contribution in [1.82, 2.24) is 0 Å². The van der Waals surface area contributed by atoms with Crippen LogP contribution in [-0.2, 0) is 0 Å². The standard InChI is InChI=1S/C16H17NO3/c1-17(13-7-5-4-6-8-13)16(18)12-9-10-14(19-2)15(11-12)20-3/h4-11H,1-3H3. The Labute approximate surface area is 118 Å². The van der Waals surface area contributed by atoms with Crippen molar-refractivity contribution in [3.63, 3.8) is 0 Å². The van der Waals surface area contributed by atoms with Crippen LogP contribution in [0.1, 0.15) is 10.4 Å². The first-order valence-electron chi connectivity index (χ1n) is 6.22. The number of hydrogen-bond donors (Lipinski definition) is 0. The topological polar surface area (TPSA) is 38.8 Å². The zero-order valence-corrected chi connectivity index (χ0v) is 11.8. The minimum absolute atomic E-state index is 0.0999. The highest BCUT2D eigenvalue weighted by Crippen LogP contribution is 2.28. The Balaban J connectivity index is 2.29. The molecular weight excluding hydrogens is 254 g/mol. The first-order chi connectivity index (χ1) is 9.67. The summed E-state index contributed by atoms with van der Waals surface area (Å²) >= 11 is 0. The third-order valence-electron chi connectivity index (χ3n) is 3.08. The van der Waals surface area contributed by atoms with E-state index in [4.69, 9.17) is 9.47 Å². The van der Waals surface area contributed by atoms with E-state index in [0.29, 0.717) is 17.1 Å². The number of rotatable bonds is 4. The lowest BCUT2D eigenvalue weighted by molar-refractivity contribution is 0.0992. The predicted molar refractivity (Wildman–Crippen MR) is 78.7 cm³/mol. The highest BCUT2D eigenvalue weighted by molar-refractivity contribution is 6.06. The molecule has 0 saturated carbocycles. The number of anilines is 1. The fourth-order valence-corrected chi connectivity index (χ4v) is 1.93. The number of methoxy groups -OCH3 is 2. The lowest BCUT2D eigenvalue weighted by Gasteiger charge is -2.18. The average molecular weight is 271 g/mol. The molecule has 0 aromatic heterocycles. The molecule has 0 atom stereocenters. The molecule has 0 unspecified atom stereocenters. The van der Waals surface area contributed by atoms with Crippen molar-refractivity contribution in [2.24, 2.45) is 0 Å². The molecule has 0 aliphatic heterocycles. The highest BCUT2D eigenvalue weighted by atomic mass is 16.5. The summed E-state index contributed by atoms with van der Waals surface area (Å²) in [7, 11) is 4.86. The Hall–Kier alpha value is -2.49. The van der Waals surface area contributed by atoms with Crippen LogP contribution in [-0.4, -0.2) is 27.2 Å². The van der Waals surface area contributed by atoms with Crippen LogP contribution >= 0.6 is 0 Å². The summed E-state index contributed by atoms with van der Waals surface area (Å²) < 4.78 is 10.4. The van der Waals surface area contributed by atoms with Crippen LogP contribution in [0.2, 0.25) is 0 Å². The van der Waals surface area contributed by atoms with Gasteiger partial charge in [0.1, 0.15) is 0 Å². The van der Waals surface area contributed by atoms with Gasteiger partial charge in [-0.1, -0.05) is 18.2 Å². The molecule has 0 heterocycles. The molecule has 0 aliphatic rings. The third-order valence-corrected chi connectivity index (χ3v) is 3.08. The Morgan fingerprint density at radius 1 is 0.950 bits per heavy atom. The summed E-state index contributed by atoms with van der Waals surface area (Å²) in [6.07, 6.45) is 0. The molecule has 4 heteroatoms. The summed E-state index contributed by atoms with van der Waals surface area (Å²) in [5.41, 5.74) is 1.39. The maximum atomic E-state index is 12.4. The molecule has 4 nitrogen and oxygen atoms in total. The van der Waals surface area contributed by atoms with Gasteiger partial charge in [0, 0.05) is 18.3 Å². The summed E-state index contributed by atoms with van der Waals surface area (Å²) in [6.45, 7) is 0. The maximum absolute atomic E-state index is 12.4. The molecule has 0 radical (unpaired) electrons. The van der Waals surface area contributed by atoms with Crippen molar-refractivity contribution < 1.29 is 14.3 Å². The van der Waals surface area contributed by atoms with Crippen LogP contribution < -0.4 is 14.4 Å². The zero-order chi connectivity index (χ0) is 14.5. The van der Waals surface area contributed by atoms with E-state index in [0.717, 1.165) is 5.69 Å². The van der Waals surface area contributed by atoms with E-state index in [1.165, 1.54) is 0 Å². The molecule has 0 aliphatic carbocycles. The van der Waals surface area contributed by atoms with E-state index in [-0.39, 0.29) is 5.91 Å². The number of benzene rings is 2.